The lowest BCUT2D eigenvalue weighted by molar-refractivity contribution is -0.253. The van der Waals surface area contributed by atoms with Gasteiger partial charge < -0.3 is 24.8 Å². The predicted molar refractivity (Wildman–Crippen MR) is 151 cm³/mol. The van der Waals surface area contributed by atoms with Crippen LogP contribution in [0.25, 0.3) is 0 Å². The van der Waals surface area contributed by atoms with Crippen LogP contribution in [-0.4, -0.2) is 52.8 Å². The number of aliphatic hydroxyl groups is 1. The fraction of sp³-hybridized carbons (Fsp3) is 0.548. The maximum Gasteiger partial charge on any atom is 0.243 e. The summed E-state index contributed by atoms with van der Waals surface area (Å²) in [6.07, 6.45) is 8.05. The monoisotopic (exact) mass is 553 g/mol. The van der Waals surface area contributed by atoms with Crippen molar-refractivity contribution in [1.82, 2.24) is 10.4 Å². The molecule has 0 aromatic heterocycles. The summed E-state index contributed by atoms with van der Waals surface area (Å²) in [4.78, 5) is 25.9. The third-order valence-electron chi connectivity index (χ3n) is 7.67. The molecule has 2 saturated heterocycles. The number of unbranched alkanes of at least 4 members (excludes halogenated alkanes) is 1. The van der Waals surface area contributed by atoms with Gasteiger partial charge in [-0.15, -0.1) is 0 Å². The number of hydroxylamine groups is 1. The topological polar surface area (TPSA) is 120 Å². The summed E-state index contributed by atoms with van der Waals surface area (Å²) < 4.78 is 13.0. The molecule has 9 nitrogen and oxygen atoms in total. The van der Waals surface area contributed by atoms with E-state index >= 15 is 0 Å². The van der Waals surface area contributed by atoms with Gasteiger partial charge in [0.2, 0.25) is 11.8 Å². The molecule has 3 atom stereocenters. The van der Waals surface area contributed by atoms with Crippen LogP contribution in [-0.2, 0) is 25.7 Å². The highest BCUT2D eigenvalue weighted by Crippen LogP contribution is 2.38. The lowest BCUT2D eigenvalue weighted by Gasteiger charge is -2.38. The lowest BCUT2D eigenvalue weighted by atomic mass is 9.99. The Morgan fingerprint density at radius 1 is 0.825 bits per heavy atom. The van der Waals surface area contributed by atoms with E-state index in [0.29, 0.717) is 24.9 Å². The SMILES string of the molecule is O=C(CCCCC(=O)Nc1ccc([C@@H]2O[C@H](CN3CCCCCCC3)C[C@H](c3ccc(CO)cc3)O2)cc1)NO. The quantitative estimate of drug-likeness (QED) is 0.176. The molecule has 2 fully saturated rings. The standard InChI is InChI=1S/C31H43N3O6/c35-22-23-10-12-24(13-11-23)28-20-27(21-34-18-6-2-1-3-7-19-34)39-31(40-28)25-14-16-26(17-15-25)32-29(36)8-4-5-9-30(37)33-38/h10-17,27-28,31,35,38H,1-9,18-22H2,(H,32,36)(H,33,37)/t27-,28+,31+/m0/s1. The van der Waals surface area contributed by atoms with Gasteiger partial charge >= 0.3 is 0 Å². The summed E-state index contributed by atoms with van der Waals surface area (Å²) in [5.74, 6) is -0.571. The van der Waals surface area contributed by atoms with E-state index in [1.54, 1.807) is 5.48 Å². The Hall–Kier alpha value is -2.82. The van der Waals surface area contributed by atoms with E-state index in [4.69, 9.17) is 14.7 Å². The molecular formula is C31H43N3O6. The van der Waals surface area contributed by atoms with Gasteiger partial charge in [0.25, 0.3) is 0 Å². The average molecular weight is 554 g/mol. The van der Waals surface area contributed by atoms with Gasteiger partial charge in [-0.2, -0.15) is 0 Å². The number of carbonyl (C=O) groups is 2. The Balaban J connectivity index is 1.39. The average Bonchev–Trinajstić information content (AvgIpc) is 2.97. The van der Waals surface area contributed by atoms with Crippen LogP contribution in [0.5, 0.6) is 0 Å². The Morgan fingerprint density at radius 3 is 2.10 bits per heavy atom. The third kappa shape index (κ3) is 9.38. The van der Waals surface area contributed by atoms with Gasteiger partial charge in [0.15, 0.2) is 6.29 Å². The molecule has 40 heavy (non-hydrogen) atoms. The number of nitrogens with one attached hydrogen (secondary N) is 2. The number of hydrogen-bond acceptors (Lipinski definition) is 7. The van der Waals surface area contributed by atoms with Gasteiger partial charge in [-0.3, -0.25) is 14.8 Å². The number of amides is 2. The van der Waals surface area contributed by atoms with Crippen molar-refractivity contribution >= 4 is 17.5 Å². The summed E-state index contributed by atoms with van der Waals surface area (Å²) in [7, 11) is 0. The Bertz CT molecular complexity index is 1050. The summed E-state index contributed by atoms with van der Waals surface area (Å²) in [6.45, 7) is 3.09. The van der Waals surface area contributed by atoms with Crippen molar-refractivity contribution < 1.29 is 29.4 Å². The summed E-state index contributed by atoms with van der Waals surface area (Å²) in [6, 6.07) is 15.5. The van der Waals surface area contributed by atoms with E-state index < -0.39 is 12.2 Å². The van der Waals surface area contributed by atoms with Crippen molar-refractivity contribution in [2.45, 2.75) is 89.3 Å². The van der Waals surface area contributed by atoms with Crippen LogP contribution in [0.4, 0.5) is 5.69 Å². The number of benzene rings is 2. The Morgan fingerprint density at radius 2 is 1.45 bits per heavy atom. The van der Waals surface area contributed by atoms with Gasteiger partial charge in [0.1, 0.15) is 0 Å². The van der Waals surface area contributed by atoms with E-state index in [0.717, 1.165) is 42.7 Å². The Labute approximate surface area is 236 Å². The van der Waals surface area contributed by atoms with Crippen molar-refractivity contribution in [3.63, 3.8) is 0 Å². The number of likely N-dealkylation sites (tertiary alicyclic amines) is 1. The molecule has 2 aromatic rings. The molecular weight excluding hydrogens is 510 g/mol. The highest BCUT2D eigenvalue weighted by Gasteiger charge is 2.33. The molecule has 2 heterocycles. The molecule has 0 bridgehead atoms. The molecule has 0 aliphatic carbocycles. The van der Waals surface area contributed by atoms with E-state index in [1.165, 1.54) is 32.1 Å². The van der Waals surface area contributed by atoms with Gasteiger partial charge in [0.05, 0.1) is 18.8 Å². The number of hydrogen-bond donors (Lipinski definition) is 4. The van der Waals surface area contributed by atoms with Crippen molar-refractivity contribution in [2.24, 2.45) is 0 Å². The molecule has 0 saturated carbocycles. The van der Waals surface area contributed by atoms with Crippen molar-refractivity contribution in [2.75, 3.05) is 25.0 Å². The zero-order chi connectivity index (χ0) is 28.2. The summed E-state index contributed by atoms with van der Waals surface area (Å²) >= 11 is 0. The van der Waals surface area contributed by atoms with E-state index in [9.17, 15) is 14.7 Å². The summed E-state index contributed by atoms with van der Waals surface area (Å²) in [5.41, 5.74) is 5.12. The van der Waals surface area contributed by atoms with Crippen molar-refractivity contribution in [3.05, 3.63) is 65.2 Å². The zero-order valence-electron chi connectivity index (χ0n) is 23.2. The minimum Gasteiger partial charge on any atom is -0.392 e. The normalized spacial score (nSPS) is 22.2. The second kappa shape index (κ2) is 15.8. The van der Waals surface area contributed by atoms with Crippen LogP contribution >= 0.6 is 0 Å². The fourth-order valence-corrected chi connectivity index (χ4v) is 5.39. The minimum absolute atomic E-state index is 0.0128. The fourth-order valence-electron chi connectivity index (χ4n) is 5.39. The molecule has 2 aliphatic heterocycles. The molecule has 0 unspecified atom stereocenters. The molecule has 9 heteroatoms. The first-order chi connectivity index (χ1) is 19.5. The predicted octanol–water partition coefficient (Wildman–Crippen LogP) is 4.99. The van der Waals surface area contributed by atoms with Gasteiger partial charge in [-0.25, -0.2) is 5.48 Å². The molecule has 218 valence electrons. The molecule has 4 N–H and O–H groups in total. The second-order valence-corrected chi connectivity index (χ2v) is 10.8. The van der Waals surface area contributed by atoms with Crippen molar-refractivity contribution in [1.29, 1.82) is 0 Å². The number of aliphatic hydroxyl groups excluding tert-OH is 1. The Kier molecular flexibility index (Phi) is 11.9. The second-order valence-electron chi connectivity index (χ2n) is 10.8. The highest BCUT2D eigenvalue weighted by atomic mass is 16.7. The third-order valence-corrected chi connectivity index (χ3v) is 7.67. The number of carbonyl (C=O) groups excluding carboxylic acids is 2. The van der Waals surface area contributed by atoms with Crippen LogP contribution in [0, 0.1) is 0 Å². The molecule has 0 spiro atoms. The minimum atomic E-state index is -0.529. The van der Waals surface area contributed by atoms with Crippen molar-refractivity contribution in [3.8, 4) is 0 Å². The molecule has 0 radical (unpaired) electrons. The van der Waals surface area contributed by atoms with Crippen LogP contribution in [0.2, 0.25) is 0 Å². The van der Waals surface area contributed by atoms with Crippen LogP contribution < -0.4 is 10.8 Å². The first kappa shape index (κ1) is 30.1. The van der Waals surface area contributed by atoms with Crippen LogP contribution in [0.3, 0.4) is 0 Å². The smallest absolute Gasteiger partial charge is 0.243 e. The van der Waals surface area contributed by atoms with E-state index in [-0.39, 0.29) is 31.1 Å². The zero-order valence-corrected chi connectivity index (χ0v) is 23.2. The molecule has 2 aromatic carbocycles. The maximum atomic E-state index is 12.3. The van der Waals surface area contributed by atoms with E-state index in [2.05, 4.69) is 10.2 Å². The molecule has 4 rings (SSSR count). The van der Waals surface area contributed by atoms with Gasteiger partial charge in [-0.1, -0.05) is 55.7 Å². The summed E-state index contributed by atoms with van der Waals surface area (Å²) in [5, 5.41) is 20.9. The first-order valence-electron chi connectivity index (χ1n) is 14.6. The molecule has 2 aliphatic rings. The van der Waals surface area contributed by atoms with Gasteiger partial charge in [-0.05, 0) is 62.0 Å². The lowest BCUT2D eigenvalue weighted by Crippen LogP contribution is -2.40. The van der Waals surface area contributed by atoms with Crippen LogP contribution in [0.15, 0.2) is 48.5 Å². The highest BCUT2D eigenvalue weighted by molar-refractivity contribution is 5.90. The number of nitrogens with zero attached hydrogens (tertiary/aromatic N) is 1. The maximum absolute atomic E-state index is 12.3. The number of rotatable bonds is 11. The molecule has 2 amide bonds. The number of ether oxygens (including phenoxy) is 2. The number of anilines is 1. The van der Waals surface area contributed by atoms with E-state index in [1.807, 2.05) is 48.5 Å². The van der Waals surface area contributed by atoms with Crippen LogP contribution in [0.1, 0.15) is 93.3 Å². The first-order valence-corrected chi connectivity index (χ1v) is 14.6. The largest absolute Gasteiger partial charge is 0.392 e. The van der Waals surface area contributed by atoms with Gasteiger partial charge in [0, 0.05) is 37.1 Å².